The molecule has 2 aromatic carbocycles. The smallest absolute Gasteiger partial charge is 0.133 e. The van der Waals surface area contributed by atoms with Crippen molar-refractivity contribution in [3.05, 3.63) is 51.5 Å². The Morgan fingerprint density at radius 1 is 1.30 bits per heavy atom. The molecule has 0 bridgehead atoms. The maximum atomic E-state index is 12.4. The molecule has 2 aromatic rings. The Bertz CT molecular complexity index is 664. The van der Waals surface area contributed by atoms with Crippen LogP contribution in [0.2, 0.25) is 5.02 Å². The molecule has 0 aliphatic heterocycles. The van der Waals surface area contributed by atoms with Gasteiger partial charge in [-0.3, -0.25) is 4.21 Å². The summed E-state index contributed by atoms with van der Waals surface area (Å²) in [4.78, 5) is 0.591. The first kappa shape index (κ1) is 15.4. The van der Waals surface area contributed by atoms with Crippen molar-refractivity contribution in [2.45, 2.75) is 10.6 Å². The van der Waals surface area contributed by atoms with Gasteiger partial charge in [-0.2, -0.15) is 0 Å². The molecule has 0 aromatic heterocycles. The van der Waals surface area contributed by atoms with Crippen molar-refractivity contribution in [3.8, 4) is 5.75 Å². The second kappa shape index (κ2) is 6.61. The number of nitrogen functional groups attached to an aromatic ring is 1. The highest BCUT2D eigenvalue weighted by Gasteiger charge is 2.11. The molecular formula is C14H13BrClNO2S. The molecule has 0 radical (unpaired) electrons. The zero-order valence-electron chi connectivity index (χ0n) is 10.7. The van der Waals surface area contributed by atoms with E-state index in [2.05, 4.69) is 15.9 Å². The third-order valence-corrected chi connectivity index (χ3v) is 5.20. The molecule has 0 saturated carbocycles. The van der Waals surface area contributed by atoms with Crippen molar-refractivity contribution < 1.29 is 8.95 Å². The number of halogens is 2. The second-order valence-corrected chi connectivity index (χ2v) is 6.83. The SMILES string of the molecule is COc1ccc(CS(=O)c2ccc(N)cc2Cl)cc1Br. The number of benzene rings is 2. The van der Waals surface area contributed by atoms with E-state index in [0.717, 1.165) is 15.8 Å². The van der Waals surface area contributed by atoms with Gasteiger partial charge in [0.25, 0.3) is 0 Å². The predicted molar refractivity (Wildman–Crippen MR) is 86.7 cm³/mol. The number of ether oxygens (including phenoxy) is 1. The van der Waals surface area contributed by atoms with Gasteiger partial charge >= 0.3 is 0 Å². The van der Waals surface area contributed by atoms with Crippen LogP contribution in [0, 0.1) is 0 Å². The average molecular weight is 375 g/mol. The van der Waals surface area contributed by atoms with Gasteiger partial charge in [0.05, 0.1) is 38.1 Å². The molecule has 1 atom stereocenters. The first-order valence-corrected chi connectivity index (χ1v) is 8.26. The highest BCUT2D eigenvalue weighted by molar-refractivity contribution is 9.10. The van der Waals surface area contributed by atoms with Gasteiger partial charge < -0.3 is 10.5 Å². The molecule has 0 fully saturated rings. The Kier molecular flexibility index (Phi) is 5.07. The van der Waals surface area contributed by atoms with Crippen LogP contribution in [-0.2, 0) is 16.6 Å². The molecule has 20 heavy (non-hydrogen) atoms. The predicted octanol–water partition coefficient (Wildman–Crippen LogP) is 4.00. The minimum Gasteiger partial charge on any atom is -0.496 e. The number of hydrogen-bond acceptors (Lipinski definition) is 3. The third kappa shape index (κ3) is 3.53. The zero-order valence-corrected chi connectivity index (χ0v) is 13.9. The lowest BCUT2D eigenvalue weighted by Gasteiger charge is -2.08. The van der Waals surface area contributed by atoms with E-state index in [9.17, 15) is 4.21 Å². The maximum absolute atomic E-state index is 12.4. The monoisotopic (exact) mass is 373 g/mol. The fourth-order valence-electron chi connectivity index (χ4n) is 1.73. The van der Waals surface area contributed by atoms with Crippen LogP contribution in [0.5, 0.6) is 5.75 Å². The number of hydrogen-bond donors (Lipinski definition) is 1. The Hall–Kier alpha value is -1.04. The molecule has 106 valence electrons. The number of nitrogens with two attached hydrogens (primary N) is 1. The van der Waals surface area contributed by atoms with Gasteiger partial charge in [-0.05, 0) is 51.8 Å². The van der Waals surface area contributed by atoms with Crippen LogP contribution in [0.4, 0.5) is 5.69 Å². The van der Waals surface area contributed by atoms with E-state index in [0.29, 0.717) is 21.4 Å². The topological polar surface area (TPSA) is 52.3 Å². The summed E-state index contributed by atoms with van der Waals surface area (Å²) in [5, 5.41) is 0.427. The van der Waals surface area contributed by atoms with E-state index < -0.39 is 10.8 Å². The summed E-state index contributed by atoms with van der Waals surface area (Å²) >= 11 is 9.48. The zero-order chi connectivity index (χ0) is 14.7. The van der Waals surface area contributed by atoms with Gasteiger partial charge in [0.1, 0.15) is 5.75 Å². The molecule has 0 amide bonds. The van der Waals surface area contributed by atoms with Crippen LogP contribution in [0.25, 0.3) is 0 Å². The second-order valence-electron chi connectivity index (χ2n) is 4.15. The highest BCUT2D eigenvalue weighted by atomic mass is 79.9. The van der Waals surface area contributed by atoms with E-state index >= 15 is 0 Å². The van der Waals surface area contributed by atoms with Crippen molar-refractivity contribution in [1.82, 2.24) is 0 Å². The average Bonchev–Trinajstić information content (AvgIpc) is 2.38. The molecule has 6 heteroatoms. The summed E-state index contributed by atoms with van der Waals surface area (Å²) in [6.07, 6.45) is 0. The standard InChI is InChI=1S/C14H13BrClNO2S/c1-19-13-4-2-9(6-11(13)15)8-20(18)14-5-3-10(17)7-12(14)16/h2-7H,8,17H2,1H3. The summed E-state index contributed by atoms with van der Waals surface area (Å²) < 4.78 is 18.3. The van der Waals surface area contributed by atoms with E-state index in [4.69, 9.17) is 22.1 Å². The molecular weight excluding hydrogens is 362 g/mol. The Balaban J connectivity index is 2.21. The molecule has 2 rings (SSSR count). The first-order chi connectivity index (χ1) is 9.51. The largest absolute Gasteiger partial charge is 0.496 e. The third-order valence-electron chi connectivity index (χ3n) is 2.72. The maximum Gasteiger partial charge on any atom is 0.133 e. The molecule has 0 heterocycles. The molecule has 1 unspecified atom stereocenters. The normalized spacial score (nSPS) is 12.2. The summed E-state index contributed by atoms with van der Waals surface area (Å²) in [6.45, 7) is 0. The Labute approximate surface area is 133 Å². The van der Waals surface area contributed by atoms with E-state index in [1.807, 2.05) is 18.2 Å². The van der Waals surface area contributed by atoms with Crippen molar-refractivity contribution in [1.29, 1.82) is 0 Å². The van der Waals surface area contributed by atoms with Crippen LogP contribution in [0.1, 0.15) is 5.56 Å². The van der Waals surface area contributed by atoms with E-state index in [-0.39, 0.29) is 0 Å². The number of rotatable bonds is 4. The fourth-order valence-corrected chi connectivity index (χ4v) is 3.90. The first-order valence-electron chi connectivity index (χ1n) is 5.77. The Morgan fingerprint density at radius 3 is 2.65 bits per heavy atom. The summed E-state index contributed by atoms with van der Waals surface area (Å²) in [5.41, 5.74) is 7.12. The van der Waals surface area contributed by atoms with Gasteiger partial charge in [0.15, 0.2) is 0 Å². The van der Waals surface area contributed by atoms with Crippen molar-refractivity contribution in [2.75, 3.05) is 12.8 Å². The van der Waals surface area contributed by atoms with Crippen LogP contribution in [-0.4, -0.2) is 11.3 Å². The van der Waals surface area contributed by atoms with Crippen molar-refractivity contribution in [3.63, 3.8) is 0 Å². The van der Waals surface area contributed by atoms with E-state index in [1.54, 1.807) is 25.3 Å². The van der Waals surface area contributed by atoms with Gasteiger partial charge in [0, 0.05) is 5.69 Å². The summed E-state index contributed by atoms with van der Waals surface area (Å²) in [5.74, 6) is 1.12. The molecule has 2 N–H and O–H groups in total. The molecule has 0 aliphatic carbocycles. The lowest BCUT2D eigenvalue weighted by molar-refractivity contribution is 0.412. The summed E-state index contributed by atoms with van der Waals surface area (Å²) in [6, 6.07) is 10.6. The molecule has 3 nitrogen and oxygen atoms in total. The highest BCUT2D eigenvalue weighted by Crippen LogP contribution is 2.28. The molecule has 0 spiro atoms. The van der Waals surface area contributed by atoms with Crippen LogP contribution in [0.15, 0.2) is 45.8 Å². The fraction of sp³-hybridized carbons (Fsp3) is 0.143. The minimum atomic E-state index is -1.22. The van der Waals surface area contributed by atoms with E-state index in [1.165, 1.54) is 0 Å². The summed E-state index contributed by atoms with van der Waals surface area (Å²) in [7, 11) is 0.383. The van der Waals surface area contributed by atoms with Crippen molar-refractivity contribution in [2.24, 2.45) is 0 Å². The Morgan fingerprint density at radius 2 is 2.05 bits per heavy atom. The van der Waals surface area contributed by atoms with Gasteiger partial charge in [-0.25, -0.2) is 0 Å². The van der Waals surface area contributed by atoms with Gasteiger partial charge in [-0.1, -0.05) is 17.7 Å². The van der Waals surface area contributed by atoms with Crippen molar-refractivity contribution >= 4 is 44.0 Å². The quantitative estimate of drug-likeness (QED) is 0.823. The molecule has 0 aliphatic rings. The van der Waals surface area contributed by atoms with Gasteiger partial charge in [0.2, 0.25) is 0 Å². The van der Waals surface area contributed by atoms with Crippen LogP contribution in [0.3, 0.4) is 0 Å². The van der Waals surface area contributed by atoms with Crippen LogP contribution < -0.4 is 10.5 Å². The number of methoxy groups -OCH3 is 1. The lowest BCUT2D eigenvalue weighted by atomic mass is 10.2. The minimum absolute atomic E-state index is 0.381. The van der Waals surface area contributed by atoms with Crippen LogP contribution >= 0.6 is 27.5 Å². The number of anilines is 1. The lowest BCUT2D eigenvalue weighted by Crippen LogP contribution is -1.98. The molecule has 0 saturated heterocycles. The van der Waals surface area contributed by atoms with Gasteiger partial charge in [-0.15, -0.1) is 0 Å².